The van der Waals surface area contributed by atoms with Gasteiger partial charge in [-0.05, 0) is 59.3 Å². The Morgan fingerprint density at radius 3 is 2.21 bits per heavy atom. The van der Waals surface area contributed by atoms with E-state index in [-0.39, 0.29) is 12.0 Å². The molecule has 2 aliphatic rings. The Morgan fingerprint density at radius 1 is 1.00 bits per heavy atom. The fourth-order valence-electron chi connectivity index (χ4n) is 3.70. The molecule has 0 aliphatic carbocycles. The average Bonchev–Trinajstić information content (AvgIpc) is 2.66. The van der Waals surface area contributed by atoms with E-state index in [0.717, 1.165) is 25.8 Å². The molecule has 2 rings (SSSR count). The van der Waals surface area contributed by atoms with Gasteiger partial charge in [0, 0.05) is 31.6 Å². The second kappa shape index (κ2) is 7.75. The van der Waals surface area contributed by atoms with E-state index in [4.69, 9.17) is 4.74 Å². The van der Waals surface area contributed by atoms with Crippen LogP contribution in [0.1, 0.15) is 66.7 Å². The van der Waals surface area contributed by atoms with Gasteiger partial charge in [0.25, 0.3) is 0 Å². The first-order chi connectivity index (χ1) is 11.2. The van der Waals surface area contributed by atoms with Crippen molar-refractivity contribution in [1.82, 2.24) is 9.80 Å². The molecule has 0 bridgehead atoms. The summed E-state index contributed by atoms with van der Waals surface area (Å²) in [4.78, 5) is 28.9. The van der Waals surface area contributed by atoms with Crippen molar-refractivity contribution in [3.05, 3.63) is 0 Å². The van der Waals surface area contributed by atoms with Gasteiger partial charge in [-0.25, -0.2) is 4.79 Å². The van der Waals surface area contributed by atoms with Crippen LogP contribution in [0, 0.1) is 11.8 Å². The zero-order chi connectivity index (χ0) is 17.9. The first kappa shape index (κ1) is 19.1. The molecule has 5 nitrogen and oxygen atoms in total. The molecule has 2 aliphatic heterocycles. The summed E-state index contributed by atoms with van der Waals surface area (Å²) in [7, 11) is 0. The number of rotatable bonds is 1. The van der Waals surface area contributed by atoms with E-state index in [9.17, 15) is 9.59 Å². The lowest BCUT2D eigenvalue weighted by Crippen LogP contribution is -2.48. The molecule has 2 fully saturated rings. The third kappa shape index (κ3) is 5.12. The number of carbonyl (C=O) groups excluding carboxylic acids is 2. The Labute approximate surface area is 146 Å². The Kier molecular flexibility index (Phi) is 6.16. The van der Waals surface area contributed by atoms with E-state index in [0.29, 0.717) is 31.0 Å². The Hall–Kier alpha value is -1.26. The molecule has 0 aromatic heterocycles. The zero-order valence-electron chi connectivity index (χ0n) is 16.0. The van der Waals surface area contributed by atoms with Gasteiger partial charge in [-0.15, -0.1) is 0 Å². The molecule has 5 heteroatoms. The van der Waals surface area contributed by atoms with Crippen LogP contribution in [0.4, 0.5) is 4.79 Å². The minimum absolute atomic E-state index is 0.0523. The molecule has 24 heavy (non-hydrogen) atoms. The fourth-order valence-corrected chi connectivity index (χ4v) is 3.70. The monoisotopic (exact) mass is 338 g/mol. The van der Waals surface area contributed by atoms with Gasteiger partial charge in [0.15, 0.2) is 0 Å². The van der Waals surface area contributed by atoms with E-state index in [1.807, 2.05) is 20.8 Å². The molecule has 0 radical (unpaired) electrons. The quantitative estimate of drug-likeness (QED) is 0.733. The maximum atomic E-state index is 13.0. The molecule has 0 N–H and O–H groups in total. The minimum atomic E-state index is -0.471. The Balaban J connectivity index is 1.89. The summed E-state index contributed by atoms with van der Waals surface area (Å²) in [6.07, 6.45) is 4.76. The summed E-state index contributed by atoms with van der Waals surface area (Å²) in [5.74, 6) is 0.928. The highest BCUT2D eigenvalue weighted by molar-refractivity contribution is 5.79. The van der Waals surface area contributed by atoms with Gasteiger partial charge in [0.2, 0.25) is 5.91 Å². The van der Waals surface area contributed by atoms with E-state index in [2.05, 4.69) is 18.7 Å². The maximum Gasteiger partial charge on any atom is 0.410 e. The Bertz CT molecular complexity index is 450. The van der Waals surface area contributed by atoms with Crippen LogP contribution < -0.4 is 0 Å². The van der Waals surface area contributed by atoms with E-state index >= 15 is 0 Å². The van der Waals surface area contributed by atoms with Crippen LogP contribution in [-0.2, 0) is 9.53 Å². The van der Waals surface area contributed by atoms with Gasteiger partial charge in [0.05, 0.1) is 0 Å². The minimum Gasteiger partial charge on any atom is -0.444 e. The van der Waals surface area contributed by atoms with Gasteiger partial charge >= 0.3 is 6.09 Å². The number of carbonyl (C=O) groups is 2. The van der Waals surface area contributed by atoms with Gasteiger partial charge in [0.1, 0.15) is 5.60 Å². The third-order valence-electron chi connectivity index (χ3n) is 5.14. The topological polar surface area (TPSA) is 49.9 Å². The van der Waals surface area contributed by atoms with Crippen molar-refractivity contribution in [1.29, 1.82) is 0 Å². The molecule has 2 amide bonds. The summed E-state index contributed by atoms with van der Waals surface area (Å²) < 4.78 is 5.43. The number of nitrogens with zero attached hydrogens (tertiary/aromatic N) is 2. The first-order valence-corrected chi connectivity index (χ1v) is 9.46. The molecule has 0 spiro atoms. The van der Waals surface area contributed by atoms with E-state index in [1.54, 1.807) is 4.90 Å². The molecule has 2 heterocycles. The summed E-state index contributed by atoms with van der Waals surface area (Å²) in [5.41, 5.74) is -0.471. The van der Waals surface area contributed by atoms with Crippen molar-refractivity contribution < 1.29 is 14.3 Å². The smallest absolute Gasteiger partial charge is 0.410 e. The van der Waals surface area contributed by atoms with Crippen LogP contribution in [0.15, 0.2) is 0 Å². The van der Waals surface area contributed by atoms with Gasteiger partial charge in [-0.2, -0.15) is 0 Å². The number of piperidine rings is 1. The van der Waals surface area contributed by atoms with Crippen LogP contribution >= 0.6 is 0 Å². The normalized spacial score (nSPS) is 26.9. The largest absolute Gasteiger partial charge is 0.444 e. The Morgan fingerprint density at radius 2 is 1.62 bits per heavy atom. The van der Waals surface area contributed by atoms with Crippen molar-refractivity contribution in [2.45, 2.75) is 78.4 Å². The van der Waals surface area contributed by atoms with Crippen LogP contribution in [0.2, 0.25) is 0 Å². The molecule has 2 saturated heterocycles. The van der Waals surface area contributed by atoms with E-state index in [1.165, 1.54) is 12.8 Å². The molecular formula is C19H34N2O3. The number of hydrogen-bond acceptors (Lipinski definition) is 3. The molecule has 2 unspecified atom stereocenters. The molecule has 0 saturated carbocycles. The van der Waals surface area contributed by atoms with Crippen LogP contribution in [0.3, 0.4) is 0 Å². The van der Waals surface area contributed by atoms with Crippen molar-refractivity contribution >= 4 is 12.0 Å². The van der Waals surface area contributed by atoms with Crippen molar-refractivity contribution in [2.24, 2.45) is 11.8 Å². The molecule has 0 aromatic rings. The maximum absolute atomic E-state index is 13.0. The summed E-state index contributed by atoms with van der Waals surface area (Å²) in [6.45, 7) is 12.2. The summed E-state index contributed by atoms with van der Waals surface area (Å²) in [6, 6.07) is 0.339. The molecule has 2 atom stereocenters. The number of likely N-dealkylation sites (tertiary alicyclic amines) is 2. The third-order valence-corrected chi connectivity index (χ3v) is 5.14. The standard InChI is InChI=1S/C19H34N2O3/c1-14-7-6-8-15(2)21(13-14)17(22)16-9-11-20(12-10-16)18(23)24-19(3,4)5/h14-16H,6-13H2,1-5H3. The summed E-state index contributed by atoms with van der Waals surface area (Å²) in [5, 5.41) is 0. The summed E-state index contributed by atoms with van der Waals surface area (Å²) >= 11 is 0. The van der Waals surface area contributed by atoms with Gasteiger partial charge < -0.3 is 14.5 Å². The fraction of sp³-hybridized carbons (Fsp3) is 0.895. The lowest BCUT2D eigenvalue weighted by Gasteiger charge is -2.37. The molecular weight excluding hydrogens is 304 g/mol. The molecule has 138 valence electrons. The molecule has 0 aromatic carbocycles. The van der Waals surface area contributed by atoms with Crippen molar-refractivity contribution in [3.8, 4) is 0 Å². The number of ether oxygens (including phenoxy) is 1. The number of hydrogen-bond donors (Lipinski definition) is 0. The van der Waals surface area contributed by atoms with Crippen LogP contribution in [0.25, 0.3) is 0 Å². The second-order valence-electron chi connectivity index (χ2n) is 8.62. The highest BCUT2D eigenvalue weighted by atomic mass is 16.6. The van der Waals surface area contributed by atoms with Gasteiger partial charge in [-0.3, -0.25) is 4.79 Å². The predicted octanol–water partition coefficient (Wildman–Crippen LogP) is 3.67. The van der Waals surface area contributed by atoms with E-state index < -0.39 is 5.60 Å². The van der Waals surface area contributed by atoms with Crippen LogP contribution in [0.5, 0.6) is 0 Å². The highest BCUT2D eigenvalue weighted by Gasteiger charge is 2.34. The average molecular weight is 338 g/mol. The lowest BCUT2D eigenvalue weighted by atomic mass is 9.94. The lowest BCUT2D eigenvalue weighted by molar-refractivity contribution is -0.139. The van der Waals surface area contributed by atoms with Crippen molar-refractivity contribution in [2.75, 3.05) is 19.6 Å². The van der Waals surface area contributed by atoms with Crippen molar-refractivity contribution in [3.63, 3.8) is 0 Å². The highest BCUT2D eigenvalue weighted by Crippen LogP contribution is 2.26. The zero-order valence-corrected chi connectivity index (χ0v) is 16.0. The number of amides is 2. The SMILES string of the molecule is CC1CCCC(C)N(C(=O)C2CCN(C(=O)OC(C)(C)C)CC2)C1. The first-order valence-electron chi connectivity index (χ1n) is 9.46. The second-order valence-corrected chi connectivity index (χ2v) is 8.62. The van der Waals surface area contributed by atoms with Gasteiger partial charge in [-0.1, -0.05) is 13.3 Å². The predicted molar refractivity (Wildman–Crippen MR) is 94.7 cm³/mol. The van der Waals surface area contributed by atoms with Crippen LogP contribution in [-0.4, -0.2) is 53.1 Å².